The largest absolute Gasteiger partial charge is 0.463 e. The lowest BCUT2D eigenvalue weighted by Crippen LogP contribution is -2.55. The highest BCUT2D eigenvalue weighted by Crippen LogP contribution is 2.33. The molecule has 9 nitrogen and oxygen atoms in total. The third-order valence-electron chi connectivity index (χ3n) is 6.92. The van der Waals surface area contributed by atoms with Crippen LogP contribution in [0.4, 0.5) is 9.59 Å². The fraction of sp³-hybridized carbons (Fsp3) is 0.607. The van der Waals surface area contributed by atoms with Gasteiger partial charge in [-0.1, -0.05) is 52.0 Å². The number of amides is 4. The molecular weight excluding hydrogens is 470 g/mol. The summed E-state index contributed by atoms with van der Waals surface area (Å²) in [6.45, 7) is 16.4. The Balaban J connectivity index is 1.91. The topological polar surface area (TPSA) is 94.2 Å². The minimum atomic E-state index is -0.598. The van der Waals surface area contributed by atoms with E-state index in [1.807, 2.05) is 30.9 Å². The number of rotatable bonds is 8. The Bertz CT molecular complexity index is 991. The number of urea groups is 2. The molecule has 2 aliphatic heterocycles. The minimum Gasteiger partial charge on any atom is -0.463 e. The summed E-state index contributed by atoms with van der Waals surface area (Å²) in [7, 11) is 0. The molecular formula is C28H43N5O4. The van der Waals surface area contributed by atoms with Gasteiger partial charge in [0.05, 0.1) is 18.2 Å². The maximum atomic E-state index is 13.3. The Morgan fingerprint density at radius 1 is 1.05 bits per heavy atom. The van der Waals surface area contributed by atoms with Crippen LogP contribution in [0, 0.1) is 0 Å². The summed E-state index contributed by atoms with van der Waals surface area (Å²) in [5, 5.41) is 5.97. The molecule has 204 valence electrons. The van der Waals surface area contributed by atoms with Gasteiger partial charge >= 0.3 is 18.0 Å². The monoisotopic (exact) mass is 513 g/mol. The van der Waals surface area contributed by atoms with E-state index in [1.54, 1.807) is 11.8 Å². The fourth-order valence-corrected chi connectivity index (χ4v) is 4.75. The van der Waals surface area contributed by atoms with Gasteiger partial charge in [-0.05, 0) is 36.8 Å². The van der Waals surface area contributed by atoms with Gasteiger partial charge in [-0.25, -0.2) is 14.4 Å². The van der Waals surface area contributed by atoms with Crippen LogP contribution in [0.2, 0.25) is 0 Å². The predicted octanol–water partition coefficient (Wildman–Crippen LogP) is 3.62. The van der Waals surface area contributed by atoms with E-state index in [2.05, 4.69) is 48.4 Å². The Labute approximate surface area is 221 Å². The minimum absolute atomic E-state index is 0.00604. The first-order valence-corrected chi connectivity index (χ1v) is 13.4. The van der Waals surface area contributed by atoms with Crippen molar-refractivity contribution in [3.63, 3.8) is 0 Å². The van der Waals surface area contributed by atoms with Gasteiger partial charge in [0.2, 0.25) is 0 Å². The highest BCUT2D eigenvalue weighted by atomic mass is 16.5. The van der Waals surface area contributed by atoms with Gasteiger partial charge in [0.25, 0.3) is 0 Å². The number of carbonyl (C=O) groups excluding carboxylic acids is 3. The van der Waals surface area contributed by atoms with Gasteiger partial charge in [0.1, 0.15) is 0 Å². The summed E-state index contributed by atoms with van der Waals surface area (Å²) < 4.78 is 5.49. The molecule has 2 heterocycles. The molecule has 1 fully saturated rings. The van der Waals surface area contributed by atoms with Crippen molar-refractivity contribution in [2.75, 3.05) is 52.4 Å². The van der Waals surface area contributed by atoms with Crippen molar-refractivity contribution in [1.29, 1.82) is 0 Å². The van der Waals surface area contributed by atoms with Crippen LogP contribution in [0.15, 0.2) is 35.5 Å². The zero-order valence-corrected chi connectivity index (χ0v) is 23.2. The molecule has 0 radical (unpaired) electrons. The van der Waals surface area contributed by atoms with Crippen molar-refractivity contribution in [2.45, 2.75) is 59.4 Å². The molecule has 1 aromatic carbocycles. The summed E-state index contributed by atoms with van der Waals surface area (Å²) in [5.74, 6) is -0.418. The number of hydrogen-bond donors (Lipinski definition) is 2. The average molecular weight is 514 g/mol. The quantitative estimate of drug-likeness (QED) is 0.518. The number of carbonyl (C=O) groups is 3. The van der Waals surface area contributed by atoms with E-state index in [4.69, 9.17) is 4.74 Å². The number of nitrogens with one attached hydrogen (secondary N) is 2. The van der Waals surface area contributed by atoms with Crippen molar-refractivity contribution in [3.8, 4) is 0 Å². The highest BCUT2D eigenvalue weighted by Gasteiger charge is 2.38. The second-order valence-electron chi connectivity index (χ2n) is 10.6. The van der Waals surface area contributed by atoms with Crippen molar-refractivity contribution in [2.24, 2.45) is 0 Å². The lowest BCUT2D eigenvalue weighted by atomic mass is 9.85. The van der Waals surface area contributed by atoms with Crippen molar-refractivity contribution in [3.05, 3.63) is 46.7 Å². The average Bonchev–Trinajstić information content (AvgIpc) is 2.87. The zero-order valence-electron chi connectivity index (χ0n) is 23.2. The molecule has 1 aromatic rings. The summed E-state index contributed by atoms with van der Waals surface area (Å²) >= 11 is 0. The molecule has 3 rings (SSSR count). The van der Waals surface area contributed by atoms with E-state index in [0.717, 1.165) is 12.0 Å². The van der Waals surface area contributed by atoms with Crippen LogP contribution in [0.5, 0.6) is 0 Å². The predicted molar refractivity (Wildman–Crippen MR) is 144 cm³/mol. The number of benzene rings is 1. The van der Waals surface area contributed by atoms with Gasteiger partial charge in [-0.2, -0.15) is 0 Å². The Kier molecular flexibility index (Phi) is 9.59. The maximum absolute atomic E-state index is 13.3. The van der Waals surface area contributed by atoms with Crippen LogP contribution < -0.4 is 10.6 Å². The smallest absolute Gasteiger partial charge is 0.338 e. The first kappa shape index (κ1) is 28.5. The first-order chi connectivity index (χ1) is 17.6. The van der Waals surface area contributed by atoms with Gasteiger partial charge in [0.15, 0.2) is 0 Å². The van der Waals surface area contributed by atoms with Crippen LogP contribution in [0.3, 0.4) is 0 Å². The summed E-state index contributed by atoms with van der Waals surface area (Å²) in [5.41, 5.74) is 3.15. The molecule has 9 heteroatoms. The van der Waals surface area contributed by atoms with Crippen LogP contribution in [0.1, 0.15) is 65.1 Å². The number of hydrogen-bond acceptors (Lipinski definition) is 5. The first-order valence-electron chi connectivity index (χ1n) is 13.4. The van der Waals surface area contributed by atoms with Gasteiger partial charge < -0.3 is 20.3 Å². The van der Waals surface area contributed by atoms with Crippen LogP contribution in [-0.4, -0.2) is 85.2 Å². The lowest BCUT2D eigenvalue weighted by molar-refractivity contribution is -0.139. The Morgan fingerprint density at radius 3 is 2.24 bits per heavy atom. The highest BCUT2D eigenvalue weighted by molar-refractivity contribution is 5.95. The second-order valence-corrected chi connectivity index (χ2v) is 10.6. The number of likely N-dealkylation sites (N-methyl/N-ethyl adjacent to an activating group) is 1. The van der Waals surface area contributed by atoms with E-state index in [0.29, 0.717) is 57.1 Å². The van der Waals surface area contributed by atoms with E-state index in [1.165, 1.54) is 5.56 Å². The van der Waals surface area contributed by atoms with Crippen molar-refractivity contribution < 1.29 is 19.1 Å². The van der Waals surface area contributed by atoms with Crippen molar-refractivity contribution >= 4 is 18.0 Å². The zero-order chi connectivity index (χ0) is 27.2. The molecule has 0 aliphatic carbocycles. The SMILES string of the molecule is CCCNC(=O)N1CCN(CC2=C(C(=O)OCC)[C@@H](c3ccc(C(C)(C)C)cc3)NC(=O)N2CC)CC1. The summed E-state index contributed by atoms with van der Waals surface area (Å²) in [4.78, 5) is 44.5. The third-order valence-corrected chi connectivity index (χ3v) is 6.92. The lowest BCUT2D eigenvalue weighted by Gasteiger charge is -2.40. The van der Waals surface area contributed by atoms with Crippen LogP contribution >= 0.6 is 0 Å². The molecule has 0 unspecified atom stereocenters. The molecule has 4 amide bonds. The molecule has 0 saturated carbocycles. The molecule has 1 atom stereocenters. The molecule has 2 N–H and O–H groups in total. The van der Waals surface area contributed by atoms with Gasteiger partial charge in [0, 0.05) is 51.5 Å². The molecule has 1 saturated heterocycles. The van der Waals surface area contributed by atoms with E-state index in [9.17, 15) is 14.4 Å². The van der Waals surface area contributed by atoms with E-state index in [-0.39, 0.29) is 24.1 Å². The van der Waals surface area contributed by atoms with E-state index < -0.39 is 12.0 Å². The number of nitrogens with zero attached hydrogens (tertiary/aromatic N) is 3. The van der Waals surface area contributed by atoms with E-state index >= 15 is 0 Å². The summed E-state index contributed by atoms with van der Waals surface area (Å²) in [6.07, 6.45) is 0.894. The molecule has 0 aromatic heterocycles. The molecule has 37 heavy (non-hydrogen) atoms. The normalized spacial score (nSPS) is 19.1. The number of esters is 1. The number of ether oxygens (including phenoxy) is 1. The Hall–Kier alpha value is -3.07. The fourth-order valence-electron chi connectivity index (χ4n) is 4.75. The van der Waals surface area contributed by atoms with Crippen LogP contribution in [-0.2, 0) is 14.9 Å². The maximum Gasteiger partial charge on any atom is 0.338 e. The molecule has 2 aliphatic rings. The molecule has 0 spiro atoms. The van der Waals surface area contributed by atoms with Crippen molar-refractivity contribution in [1.82, 2.24) is 25.3 Å². The third kappa shape index (κ3) is 6.83. The molecule has 0 bridgehead atoms. The summed E-state index contributed by atoms with van der Waals surface area (Å²) in [6, 6.07) is 7.21. The second kappa shape index (κ2) is 12.4. The standard InChI is InChI=1S/C28H43N5O4/c1-7-14-29-26(35)32-17-15-31(16-18-32)19-22-23(25(34)37-9-3)24(30-27(36)33(22)8-2)20-10-12-21(13-11-20)28(4,5)6/h10-13,24H,7-9,14-19H2,1-6H3,(H,29,35)(H,30,36)/t24-/m1/s1. The number of piperazine rings is 1. The van der Waals surface area contributed by atoms with Gasteiger partial charge in [-0.3, -0.25) is 9.80 Å². The Morgan fingerprint density at radius 2 is 1.70 bits per heavy atom. The van der Waals surface area contributed by atoms with Crippen LogP contribution in [0.25, 0.3) is 0 Å². The van der Waals surface area contributed by atoms with Gasteiger partial charge in [-0.15, -0.1) is 0 Å².